The summed E-state index contributed by atoms with van der Waals surface area (Å²) in [6.07, 6.45) is -3.21. The molecule has 17 heavy (non-hydrogen) atoms. The minimum Gasteiger partial charge on any atom is -0.495 e. The normalized spacial score (nSPS) is 14.1. The second kappa shape index (κ2) is 5.86. The van der Waals surface area contributed by atoms with Crippen LogP contribution in [0.1, 0.15) is 18.1 Å². The number of carboxylic acid groups (broad SMARTS) is 1. The van der Waals surface area contributed by atoms with Crippen LogP contribution in [0.2, 0.25) is 5.02 Å². The molecule has 0 aliphatic rings. The van der Waals surface area contributed by atoms with Crippen LogP contribution >= 0.6 is 11.6 Å². The molecule has 0 amide bonds. The molecule has 2 atom stereocenters. The number of benzene rings is 1. The molecule has 0 spiro atoms. The molecule has 3 N–H and O–H groups in total. The third-order valence-corrected chi connectivity index (χ3v) is 2.58. The van der Waals surface area contributed by atoms with Crippen molar-refractivity contribution >= 4 is 17.6 Å². The van der Waals surface area contributed by atoms with Crippen molar-refractivity contribution in [1.29, 1.82) is 0 Å². The molecule has 1 aromatic carbocycles. The summed E-state index contributed by atoms with van der Waals surface area (Å²) in [5, 5.41) is 28.1. The van der Waals surface area contributed by atoms with E-state index >= 15 is 0 Å². The number of aliphatic carboxylic acids is 1. The lowest BCUT2D eigenvalue weighted by atomic mass is 10.0. The van der Waals surface area contributed by atoms with Gasteiger partial charge in [0.2, 0.25) is 0 Å². The molecule has 0 fully saturated rings. The average molecular weight is 261 g/mol. The van der Waals surface area contributed by atoms with Crippen molar-refractivity contribution < 1.29 is 24.9 Å². The van der Waals surface area contributed by atoms with Crippen molar-refractivity contribution in [3.63, 3.8) is 0 Å². The molecule has 0 saturated heterocycles. The van der Waals surface area contributed by atoms with E-state index in [1.165, 1.54) is 25.3 Å². The predicted octanol–water partition coefficient (Wildman–Crippen LogP) is 1.22. The zero-order valence-corrected chi connectivity index (χ0v) is 9.89. The van der Waals surface area contributed by atoms with Crippen molar-refractivity contribution in [1.82, 2.24) is 0 Å². The van der Waals surface area contributed by atoms with Crippen molar-refractivity contribution in [2.24, 2.45) is 0 Å². The van der Waals surface area contributed by atoms with Crippen LogP contribution in [-0.4, -0.2) is 34.5 Å². The van der Waals surface area contributed by atoms with E-state index in [-0.39, 0.29) is 0 Å². The van der Waals surface area contributed by atoms with Crippen LogP contribution in [0.25, 0.3) is 0 Å². The van der Waals surface area contributed by atoms with Gasteiger partial charge >= 0.3 is 5.97 Å². The van der Waals surface area contributed by atoms with Crippen LogP contribution < -0.4 is 4.74 Å². The van der Waals surface area contributed by atoms with Gasteiger partial charge in [0.25, 0.3) is 0 Å². The summed E-state index contributed by atoms with van der Waals surface area (Å²) in [4.78, 5) is 10.4. The Morgan fingerprint density at radius 2 is 2.12 bits per heavy atom. The number of hydrogen-bond acceptors (Lipinski definition) is 4. The summed E-state index contributed by atoms with van der Waals surface area (Å²) >= 11 is 5.80. The van der Waals surface area contributed by atoms with Gasteiger partial charge in [-0.05, 0) is 17.7 Å². The third-order valence-electron chi connectivity index (χ3n) is 2.26. The van der Waals surface area contributed by atoms with Gasteiger partial charge in [0, 0.05) is 0 Å². The van der Waals surface area contributed by atoms with Crippen LogP contribution in [0.4, 0.5) is 0 Å². The van der Waals surface area contributed by atoms with E-state index in [1.807, 2.05) is 0 Å². The van der Waals surface area contributed by atoms with Gasteiger partial charge in [-0.25, -0.2) is 0 Å². The van der Waals surface area contributed by atoms with Gasteiger partial charge in [0.15, 0.2) is 0 Å². The zero-order valence-electron chi connectivity index (χ0n) is 9.13. The predicted molar refractivity (Wildman–Crippen MR) is 61.2 cm³/mol. The monoisotopic (exact) mass is 260 g/mol. The lowest BCUT2D eigenvalue weighted by Crippen LogP contribution is -2.21. The molecule has 1 aromatic rings. The molecule has 1 rings (SSSR count). The molecule has 0 aliphatic carbocycles. The Morgan fingerprint density at radius 1 is 1.47 bits per heavy atom. The number of carbonyl (C=O) groups is 1. The molecule has 2 unspecified atom stereocenters. The van der Waals surface area contributed by atoms with Gasteiger partial charge in [-0.15, -0.1) is 0 Å². The first-order chi connectivity index (χ1) is 7.95. The van der Waals surface area contributed by atoms with E-state index < -0.39 is 24.6 Å². The fraction of sp³-hybridized carbons (Fsp3) is 0.364. The van der Waals surface area contributed by atoms with Crippen LogP contribution in [-0.2, 0) is 4.79 Å². The fourth-order valence-corrected chi connectivity index (χ4v) is 1.57. The number of methoxy groups -OCH3 is 1. The molecular weight excluding hydrogens is 248 g/mol. The van der Waals surface area contributed by atoms with E-state index in [0.29, 0.717) is 16.3 Å². The molecular formula is C11H13ClO5. The van der Waals surface area contributed by atoms with E-state index in [9.17, 15) is 15.0 Å². The number of ether oxygens (including phenoxy) is 1. The molecule has 0 saturated carbocycles. The average Bonchev–Trinajstić information content (AvgIpc) is 2.27. The van der Waals surface area contributed by atoms with Crippen LogP contribution in [0.15, 0.2) is 18.2 Å². The maximum absolute atomic E-state index is 10.4. The fourth-order valence-electron chi connectivity index (χ4n) is 1.37. The van der Waals surface area contributed by atoms with Gasteiger partial charge in [-0.1, -0.05) is 17.7 Å². The second-order valence-electron chi connectivity index (χ2n) is 3.50. The third kappa shape index (κ3) is 3.59. The summed E-state index contributed by atoms with van der Waals surface area (Å²) in [5.74, 6) is -0.830. The first-order valence-corrected chi connectivity index (χ1v) is 5.25. The molecule has 0 radical (unpaired) electrons. The Kier molecular flexibility index (Phi) is 4.74. The van der Waals surface area contributed by atoms with Crippen LogP contribution in [0, 0.1) is 0 Å². The first kappa shape index (κ1) is 13.8. The van der Waals surface area contributed by atoms with Gasteiger partial charge in [-0.2, -0.15) is 0 Å². The quantitative estimate of drug-likeness (QED) is 0.741. The standard InChI is InChI=1S/C11H13ClO5/c1-17-9-4-6(2-3-7(9)12)11(16)8(13)5-10(14)15/h2-4,8,11,13,16H,5H2,1H3,(H,14,15). The summed E-state index contributed by atoms with van der Waals surface area (Å²) < 4.78 is 4.96. The highest BCUT2D eigenvalue weighted by atomic mass is 35.5. The van der Waals surface area contributed by atoms with Crippen molar-refractivity contribution in [2.45, 2.75) is 18.6 Å². The maximum Gasteiger partial charge on any atom is 0.306 e. The second-order valence-corrected chi connectivity index (χ2v) is 3.91. The van der Waals surface area contributed by atoms with E-state index in [1.54, 1.807) is 0 Å². The number of halogens is 1. The lowest BCUT2D eigenvalue weighted by Gasteiger charge is -2.17. The van der Waals surface area contributed by atoms with Crippen LogP contribution in [0.3, 0.4) is 0 Å². The van der Waals surface area contributed by atoms with Gasteiger partial charge in [-0.3, -0.25) is 4.79 Å². The van der Waals surface area contributed by atoms with Crippen LogP contribution in [0.5, 0.6) is 5.75 Å². The minimum absolute atomic E-state index is 0.347. The Hall–Kier alpha value is -1.30. The molecule has 0 aliphatic heterocycles. The van der Waals surface area contributed by atoms with E-state index in [2.05, 4.69) is 0 Å². The molecule has 0 heterocycles. The Morgan fingerprint density at radius 3 is 2.65 bits per heavy atom. The van der Waals surface area contributed by atoms with Crippen molar-refractivity contribution in [3.8, 4) is 5.75 Å². The van der Waals surface area contributed by atoms with E-state index in [4.69, 9.17) is 21.4 Å². The Balaban J connectivity index is 2.88. The summed E-state index contributed by atoms with van der Waals surface area (Å²) in [7, 11) is 1.42. The highest BCUT2D eigenvalue weighted by molar-refractivity contribution is 6.32. The van der Waals surface area contributed by atoms with Gasteiger partial charge in [0.1, 0.15) is 11.9 Å². The lowest BCUT2D eigenvalue weighted by molar-refractivity contribution is -0.141. The molecule has 5 nitrogen and oxygen atoms in total. The van der Waals surface area contributed by atoms with Gasteiger partial charge < -0.3 is 20.1 Å². The number of rotatable bonds is 5. The Labute approximate surface area is 103 Å². The molecule has 94 valence electrons. The molecule has 0 aromatic heterocycles. The highest BCUT2D eigenvalue weighted by Gasteiger charge is 2.21. The summed E-state index contributed by atoms with van der Waals surface area (Å²) in [5.41, 5.74) is 0.347. The Bertz CT molecular complexity index is 407. The summed E-state index contributed by atoms with van der Waals surface area (Å²) in [6.45, 7) is 0. The number of hydrogen-bond donors (Lipinski definition) is 3. The largest absolute Gasteiger partial charge is 0.495 e. The number of aliphatic hydroxyl groups excluding tert-OH is 2. The van der Waals surface area contributed by atoms with Gasteiger partial charge in [0.05, 0.1) is 24.7 Å². The molecule has 0 bridgehead atoms. The van der Waals surface area contributed by atoms with Crippen molar-refractivity contribution in [2.75, 3.05) is 7.11 Å². The number of aliphatic hydroxyl groups is 2. The topological polar surface area (TPSA) is 87.0 Å². The highest BCUT2D eigenvalue weighted by Crippen LogP contribution is 2.29. The molecule has 6 heteroatoms. The maximum atomic E-state index is 10.4. The van der Waals surface area contributed by atoms with Crippen molar-refractivity contribution in [3.05, 3.63) is 28.8 Å². The smallest absolute Gasteiger partial charge is 0.306 e. The SMILES string of the molecule is COc1cc(C(O)C(O)CC(=O)O)ccc1Cl. The minimum atomic E-state index is -1.38. The summed E-state index contributed by atoms with van der Waals surface area (Å²) in [6, 6.07) is 4.46. The first-order valence-electron chi connectivity index (χ1n) is 4.87. The zero-order chi connectivity index (χ0) is 13.0. The van der Waals surface area contributed by atoms with E-state index in [0.717, 1.165) is 0 Å². The number of carboxylic acids is 1.